The van der Waals surface area contributed by atoms with Crippen LogP contribution in [0.2, 0.25) is 0 Å². The first-order chi connectivity index (χ1) is 17.7. The number of aliphatic hydroxyl groups excluding tert-OH is 2. The normalized spacial score (nSPS) is 13.7. The van der Waals surface area contributed by atoms with E-state index in [-0.39, 0.29) is 51.5 Å². The van der Waals surface area contributed by atoms with Crippen molar-refractivity contribution in [2.24, 2.45) is 5.18 Å². The predicted octanol–water partition coefficient (Wildman–Crippen LogP) is 1.24. The maximum absolute atomic E-state index is 12.7. The zero-order chi connectivity index (χ0) is 27.6. The molecule has 0 saturated carbocycles. The Morgan fingerprint density at radius 3 is 2.27 bits per heavy atom. The molecular weight excluding hydrogens is 488 g/mol. The van der Waals surface area contributed by atoms with E-state index in [1.165, 1.54) is 13.5 Å². The molecular formula is C24H42N4O9. The van der Waals surface area contributed by atoms with Gasteiger partial charge in [0.2, 0.25) is 0 Å². The highest BCUT2D eigenvalue weighted by Crippen LogP contribution is 2.11. The third-order valence-electron chi connectivity index (χ3n) is 5.74. The molecule has 0 amide bonds. The van der Waals surface area contributed by atoms with E-state index in [0.717, 1.165) is 41.2 Å². The molecule has 0 spiro atoms. The van der Waals surface area contributed by atoms with Crippen LogP contribution in [0.25, 0.3) is 0 Å². The predicted molar refractivity (Wildman–Crippen MR) is 137 cm³/mol. The van der Waals surface area contributed by atoms with Gasteiger partial charge < -0.3 is 24.4 Å². The molecule has 3 atom stereocenters. The van der Waals surface area contributed by atoms with Gasteiger partial charge in [-0.25, -0.2) is 23.5 Å². The monoisotopic (exact) mass is 530 g/mol. The lowest BCUT2D eigenvalue weighted by Crippen LogP contribution is -2.49. The van der Waals surface area contributed by atoms with E-state index in [1.807, 2.05) is 0 Å². The largest absolute Gasteiger partial charge is 0.496 e. The summed E-state index contributed by atoms with van der Waals surface area (Å²) in [4.78, 5) is 50.2. The van der Waals surface area contributed by atoms with Crippen LogP contribution in [0.5, 0.6) is 0 Å². The zero-order valence-corrected chi connectivity index (χ0v) is 21.9. The van der Waals surface area contributed by atoms with Crippen molar-refractivity contribution < 1.29 is 24.4 Å². The molecule has 1 rings (SSSR count). The van der Waals surface area contributed by atoms with Crippen LogP contribution in [0.1, 0.15) is 64.7 Å². The first-order valence-corrected chi connectivity index (χ1v) is 12.8. The molecule has 0 radical (unpaired) electrons. The van der Waals surface area contributed by atoms with Gasteiger partial charge in [-0.1, -0.05) is 57.2 Å². The molecule has 1 heterocycles. The fourth-order valence-electron chi connectivity index (χ4n) is 3.58. The van der Waals surface area contributed by atoms with E-state index in [0.29, 0.717) is 6.42 Å². The van der Waals surface area contributed by atoms with Gasteiger partial charge in [0.25, 0.3) is 0 Å². The van der Waals surface area contributed by atoms with Crippen molar-refractivity contribution in [1.82, 2.24) is 14.1 Å². The van der Waals surface area contributed by atoms with Crippen molar-refractivity contribution in [2.45, 2.75) is 96.2 Å². The Balaban J connectivity index is 2.57. The molecule has 13 nitrogen and oxygen atoms in total. The van der Waals surface area contributed by atoms with Gasteiger partial charge in [0.15, 0.2) is 6.29 Å². The van der Waals surface area contributed by atoms with E-state index in [1.54, 1.807) is 0 Å². The second-order valence-electron chi connectivity index (χ2n) is 8.92. The second-order valence-corrected chi connectivity index (χ2v) is 8.92. The van der Waals surface area contributed by atoms with Crippen LogP contribution in [0, 0.1) is 4.91 Å². The van der Waals surface area contributed by atoms with Crippen molar-refractivity contribution in [3.8, 4) is 0 Å². The van der Waals surface area contributed by atoms with E-state index in [9.17, 15) is 29.5 Å². The van der Waals surface area contributed by atoms with E-state index in [4.69, 9.17) is 14.2 Å². The number of rotatable bonds is 22. The molecule has 0 aromatic carbocycles. The number of methoxy groups -OCH3 is 1. The third kappa shape index (κ3) is 13.0. The number of allylic oxidation sites excluding steroid dienone is 1. The van der Waals surface area contributed by atoms with Gasteiger partial charge in [-0.3, -0.25) is 4.98 Å². The highest BCUT2D eigenvalue weighted by molar-refractivity contribution is 4.84. The Morgan fingerprint density at radius 2 is 1.62 bits per heavy atom. The number of aliphatic hydroxyl groups is 2. The molecule has 3 unspecified atom stereocenters. The highest BCUT2D eigenvalue weighted by atomic mass is 16.6. The minimum Gasteiger partial charge on any atom is -0.496 e. The molecule has 0 saturated heterocycles. The lowest BCUT2D eigenvalue weighted by Gasteiger charge is -2.16. The Morgan fingerprint density at radius 1 is 0.973 bits per heavy atom. The topological polar surface area (TPSA) is 174 Å². The summed E-state index contributed by atoms with van der Waals surface area (Å²) in [5.74, 6) is 0.238. The van der Waals surface area contributed by atoms with E-state index >= 15 is 0 Å². The fraction of sp³-hybridized carbons (Fsp3) is 0.792. The van der Waals surface area contributed by atoms with Gasteiger partial charge in [-0.15, -0.1) is 0 Å². The lowest BCUT2D eigenvalue weighted by atomic mass is 10.1. The van der Waals surface area contributed by atoms with Gasteiger partial charge >= 0.3 is 17.1 Å². The molecule has 13 heteroatoms. The number of ether oxygens (including phenoxy) is 3. The lowest BCUT2D eigenvalue weighted by molar-refractivity contribution is -0.109. The Labute approximate surface area is 216 Å². The van der Waals surface area contributed by atoms with Crippen LogP contribution in [0.15, 0.2) is 31.9 Å². The highest BCUT2D eigenvalue weighted by Gasteiger charge is 2.15. The molecule has 1 aromatic rings. The molecule has 0 fully saturated rings. The van der Waals surface area contributed by atoms with Crippen molar-refractivity contribution >= 4 is 0 Å². The molecule has 3 N–H and O–H groups in total. The van der Waals surface area contributed by atoms with Crippen LogP contribution in [0.3, 0.4) is 0 Å². The molecule has 0 bridgehead atoms. The quantitative estimate of drug-likeness (QED) is 0.0862. The summed E-state index contributed by atoms with van der Waals surface area (Å²) in [5, 5.41) is 22.8. The first kappa shape index (κ1) is 32.4. The van der Waals surface area contributed by atoms with Gasteiger partial charge in [-0.2, -0.15) is 4.91 Å². The SMILES string of the molecule is C=C(CCn1c(=O)[nH]c(=O)n(CCC(O)OCC(CCCCCCCC)N=O)c1=O)OCC(O)COC. The number of hydrogen-bond acceptors (Lipinski definition) is 10. The van der Waals surface area contributed by atoms with Gasteiger partial charge in [0.1, 0.15) is 18.8 Å². The van der Waals surface area contributed by atoms with Gasteiger partial charge in [0.05, 0.1) is 19.0 Å². The number of nitroso groups, excluding NO2 is 1. The minimum absolute atomic E-state index is 0.0608. The number of unbranched alkanes of at least 4 members (excludes halogenated alkanes) is 5. The van der Waals surface area contributed by atoms with Crippen LogP contribution < -0.4 is 17.1 Å². The molecule has 0 aliphatic rings. The number of nitrogens with zero attached hydrogens (tertiary/aromatic N) is 3. The first-order valence-electron chi connectivity index (χ1n) is 12.8. The Kier molecular flexibility index (Phi) is 16.3. The van der Waals surface area contributed by atoms with Crippen LogP contribution in [-0.4, -0.2) is 69.7 Å². The number of aromatic nitrogens is 3. The van der Waals surface area contributed by atoms with Crippen LogP contribution >= 0.6 is 0 Å². The standard InChI is InChI=1S/C24H42N4O9/c1-4-5-6-7-8-9-10-19(26-34)15-37-21(30)12-14-28-23(32)25-22(31)27(24(28)33)13-11-18(2)36-17-20(29)16-35-3/h19-21,29-30H,2,4-17H2,1,3H3,(H,25,31,32). The fourth-order valence-corrected chi connectivity index (χ4v) is 3.58. The van der Waals surface area contributed by atoms with Crippen molar-refractivity contribution in [1.29, 1.82) is 0 Å². The smallest absolute Gasteiger partial charge is 0.336 e. The molecule has 212 valence electrons. The maximum atomic E-state index is 12.7. The summed E-state index contributed by atoms with van der Waals surface area (Å²) in [6.45, 7) is 5.46. The second kappa shape index (κ2) is 18.6. The minimum atomic E-state index is -1.33. The zero-order valence-electron chi connectivity index (χ0n) is 21.9. The van der Waals surface area contributed by atoms with Gasteiger partial charge in [-0.05, 0) is 6.42 Å². The summed E-state index contributed by atoms with van der Waals surface area (Å²) in [7, 11) is 1.44. The average Bonchev–Trinajstić information content (AvgIpc) is 2.86. The summed E-state index contributed by atoms with van der Waals surface area (Å²) < 4.78 is 17.0. The number of aromatic amines is 1. The van der Waals surface area contributed by atoms with E-state index < -0.39 is 35.5 Å². The van der Waals surface area contributed by atoms with Crippen LogP contribution in [-0.2, 0) is 27.3 Å². The maximum Gasteiger partial charge on any atom is 0.336 e. The average molecular weight is 531 g/mol. The summed E-state index contributed by atoms with van der Waals surface area (Å²) in [6.07, 6.45) is 4.83. The number of nitrogens with one attached hydrogen (secondary N) is 1. The molecule has 0 aliphatic carbocycles. The van der Waals surface area contributed by atoms with Gasteiger partial charge in [0, 0.05) is 33.0 Å². The van der Waals surface area contributed by atoms with Crippen molar-refractivity contribution in [2.75, 3.05) is 26.9 Å². The molecule has 37 heavy (non-hydrogen) atoms. The van der Waals surface area contributed by atoms with Crippen molar-refractivity contribution in [3.63, 3.8) is 0 Å². The summed E-state index contributed by atoms with van der Waals surface area (Å²) >= 11 is 0. The van der Waals surface area contributed by atoms with Crippen molar-refractivity contribution in [3.05, 3.63) is 48.7 Å². The Bertz CT molecular complexity index is 972. The van der Waals surface area contributed by atoms with Crippen LogP contribution in [0.4, 0.5) is 0 Å². The third-order valence-corrected chi connectivity index (χ3v) is 5.74. The molecule has 0 aliphatic heterocycles. The summed E-state index contributed by atoms with van der Waals surface area (Å²) in [6, 6.07) is -0.584. The Hall–Kier alpha value is -2.61. The van der Waals surface area contributed by atoms with E-state index in [2.05, 4.69) is 23.7 Å². The number of hydrogen-bond donors (Lipinski definition) is 3. The summed E-state index contributed by atoms with van der Waals surface area (Å²) in [5.41, 5.74) is -2.65. The molecule has 1 aromatic heterocycles. The number of H-pyrrole nitrogens is 1.